The first-order valence-electron chi connectivity index (χ1n) is 7.59. The summed E-state index contributed by atoms with van der Waals surface area (Å²) in [6.45, 7) is 0.827. The van der Waals surface area contributed by atoms with Crippen molar-refractivity contribution in [2.45, 2.75) is 31.7 Å². The Morgan fingerprint density at radius 3 is 3.00 bits per heavy atom. The quantitative estimate of drug-likeness (QED) is 0.758. The third kappa shape index (κ3) is 2.40. The second-order valence-electron chi connectivity index (χ2n) is 5.76. The Morgan fingerprint density at radius 2 is 2.23 bits per heavy atom. The Labute approximate surface area is 132 Å². The van der Waals surface area contributed by atoms with Crippen molar-refractivity contribution in [3.63, 3.8) is 0 Å². The molecule has 0 atom stereocenters. The minimum atomic E-state index is 0.154. The van der Waals surface area contributed by atoms with Crippen LogP contribution in [0.1, 0.15) is 31.0 Å². The Balaban J connectivity index is 1.81. The monoisotopic (exact) mass is 316 g/mol. The van der Waals surface area contributed by atoms with Crippen LogP contribution in [0.2, 0.25) is 5.02 Å². The van der Waals surface area contributed by atoms with E-state index < -0.39 is 0 Å². The van der Waals surface area contributed by atoms with Crippen molar-refractivity contribution in [3.05, 3.63) is 35.2 Å². The number of aliphatic hydroxyl groups is 1. The van der Waals surface area contributed by atoms with Crippen molar-refractivity contribution in [3.8, 4) is 11.4 Å². The molecular formula is C16H17ClN4O. The Morgan fingerprint density at radius 1 is 1.36 bits per heavy atom. The Kier molecular flexibility index (Phi) is 3.39. The van der Waals surface area contributed by atoms with E-state index in [4.69, 9.17) is 21.7 Å². The van der Waals surface area contributed by atoms with Gasteiger partial charge in [0.05, 0.1) is 0 Å². The van der Waals surface area contributed by atoms with E-state index in [0.717, 1.165) is 28.1 Å². The third-order valence-electron chi connectivity index (χ3n) is 4.04. The topological polar surface area (TPSA) is 66.7 Å². The molecule has 1 aliphatic rings. The summed E-state index contributed by atoms with van der Waals surface area (Å²) >= 11 is 6.05. The number of fused-ring (bicyclic) bond motifs is 1. The second kappa shape index (κ2) is 5.41. The highest BCUT2D eigenvalue weighted by Crippen LogP contribution is 2.39. The van der Waals surface area contributed by atoms with E-state index in [1.807, 2.05) is 29.1 Å². The predicted molar refractivity (Wildman–Crippen MR) is 86.0 cm³/mol. The van der Waals surface area contributed by atoms with Gasteiger partial charge in [-0.3, -0.25) is 0 Å². The van der Waals surface area contributed by atoms with Crippen molar-refractivity contribution in [1.29, 1.82) is 0 Å². The van der Waals surface area contributed by atoms with Gasteiger partial charge in [-0.25, -0.2) is 9.67 Å². The first-order chi connectivity index (χ1) is 10.8. The summed E-state index contributed by atoms with van der Waals surface area (Å²) in [5.74, 6) is 2.30. The van der Waals surface area contributed by atoms with Gasteiger partial charge in [0.2, 0.25) is 0 Å². The lowest BCUT2D eigenvalue weighted by molar-refractivity contribution is 0.277. The number of nitrogens with one attached hydrogen (secondary N) is 1. The van der Waals surface area contributed by atoms with Gasteiger partial charge < -0.3 is 10.1 Å². The summed E-state index contributed by atoms with van der Waals surface area (Å²) in [7, 11) is 0. The lowest BCUT2D eigenvalue weighted by Gasteiger charge is -2.03. The molecule has 0 unspecified atom stereocenters. The van der Waals surface area contributed by atoms with Crippen LogP contribution in [0.3, 0.4) is 0 Å². The van der Waals surface area contributed by atoms with Crippen LogP contribution < -0.4 is 0 Å². The molecule has 0 spiro atoms. The van der Waals surface area contributed by atoms with Gasteiger partial charge in [-0.15, -0.1) is 0 Å². The molecule has 0 amide bonds. The fourth-order valence-corrected chi connectivity index (χ4v) is 2.91. The van der Waals surface area contributed by atoms with Crippen LogP contribution in [0, 0.1) is 0 Å². The van der Waals surface area contributed by atoms with Crippen LogP contribution >= 0.6 is 11.6 Å². The predicted octanol–water partition coefficient (Wildman–Crippen LogP) is 3.34. The maximum absolute atomic E-state index is 9.10. The molecule has 0 bridgehead atoms. The molecule has 4 rings (SSSR count). The Hall–Kier alpha value is -1.85. The van der Waals surface area contributed by atoms with Crippen molar-refractivity contribution in [2.75, 3.05) is 6.61 Å². The molecular weight excluding hydrogens is 300 g/mol. The zero-order valence-electron chi connectivity index (χ0n) is 12.1. The van der Waals surface area contributed by atoms with Crippen LogP contribution in [-0.2, 0) is 6.54 Å². The summed E-state index contributed by atoms with van der Waals surface area (Å²) in [5, 5.41) is 15.5. The van der Waals surface area contributed by atoms with Crippen LogP contribution in [0.25, 0.3) is 22.3 Å². The molecule has 0 aliphatic heterocycles. The first kappa shape index (κ1) is 13.8. The average Bonchev–Trinajstić information content (AvgIpc) is 3.16. The standard InChI is InChI=1S/C16H17ClN4O/c17-11-4-5-12-13(9-18-14(12)8-11)16-19-15(10-2-3-10)20-21(16)6-1-7-22/h4-5,8-10,18,22H,1-3,6-7H2. The minimum Gasteiger partial charge on any atom is -0.396 e. The van der Waals surface area contributed by atoms with Crippen LogP contribution in [0.15, 0.2) is 24.4 Å². The smallest absolute Gasteiger partial charge is 0.160 e. The van der Waals surface area contributed by atoms with E-state index in [1.54, 1.807) is 0 Å². The molecule has 6 heteroatoms. The number of benzene rings is 1. The van der Waals surface area contributed by atoms with Gasteiger partial charge in [0.15, 0.2) is 11.6 Å². The van der Waals surface area contributed by atoms with E-state index >= 15 is 0 Å². The normalized spacial score (nSPS) is 14.8. The zero-order valence-corrected chi connectivity index (χ0v) is 12.8. The SMILES string of the molecule is OCCCn1nc(C2CC2)nc1-c1c[nH]c2cc(Cl)ccc12. The van der Waals surface area contributed by atoms with Gasteiger partial charge in [-0.1, -0.05) is 17.7 Å². The van der Waals surface area contributed by atoms with Gasteiger partial charge in [0.1, 0.15) is 0 Å². The molecule has 5 nitrogen and oxygen atoms in total. The molecule has 2 N–H and O–H groups in total. The lowest BCUT2D eigenvalue weighted by Crippen LogP contribution is -2.04. The number of aryl methyl sites for hydroxylation is 1. The van der Waals surface area contributed by atoms with Gasteiger partial charge in [-0.2, -0.15) is 5.10 Å². The van der Waals surface area contributed by atoms with Crippen LogP contribution in [-0.4, -0.2) is 31.5 Å². The zero-order chi connectivity index (χ0) is 15.1. The number of aromatic amines is 1. The molecule has 3 aromatic rings. The number of hydrogen-bond donors (Lipinski definition) is 2. The average molecular weight is 317 g/mol. The number of halogens is 1. The van der Waals surface area contributed by atoms with Gasteiger partial charge in [0, 0.05) is 46.8 Å². The number of nitrogens with zero attached hydrogens (tertiary/aromatic N) is 3. The molecule has 1 aliphatic carbocycles. The van der Waals surface area contributed by atoms with E-state index in [2.05, 4.69) is 10.1 Å². The Bertz CT molecular complexity index is 819. The molecule has 22 heavy (non-hydrogen) atoms. The molecule has 114 valence electrons. The second-order valence-corrected chi connectivity index (χ2v) is 6.20. The summed E-state index contributed by atoms with van der Waals surface area (Å²) in [6, 6.07) is 5.81. The fourth-order valence-electron chi connectivity index (χ4n) is 2.73. The minimum absolute atomic E-state index is 0.154. The number of aromatic nitrogens is 4. The number of hydrogen-bond acceptors (Lipinski definition) is 3. The molecule has 2 heterocycles. The third-order valence-corrected chi connectivity index (χ3v) is 4.28. The molecule has 2 aromatic heterocycles. The largest absolute Gasteiger partial charge is 0.396 e. The molecule has 0 saturated heterocycles. The molecule has 1 saturated carbocycles. The van der Waals surface area contributed by atoms with Crippen molar-refractivity contribution in [2.24, 2.45) is 0 Å². The fraction of sp³-hybridized carbons (Fsp3) is 0.375. The van der Waals surface area contributed by atoms with E-state index in [9.17, 15) is 0 Å². The van der Waals surface area contributed by atoms with Gasteiger partial charge in [0.25, 0.3) is 0 Å². The van der Waals surface area contributed by atoms with Crippen LogP contribution in [0.5, 0.6) is 0 Å². The van der Waals surface area contributed by atoms with Gasteiger partial charge >= 0.3 is 0 Å². The number of aliphatic hydroxyl groups excluding tert-OH is 1. The maximum atomic E-state index is 9.10. The van der Waals surface area contributed by atoms with Gasteiger partial charge in [-0.05, 0) is 31.4 Å². The van der Waals surface area contributed by atoms with Crippen molar-refractivity contribution in [1.82, 2.24) is 19.7 Å². The summed E-state index contributed by atoms with van der Waals surface area (Å²) < 4.78 is 1.92. The molecule has 1 aromatic carbocycles. The summed E-state index contributed by atoms with van der Waals surface area (Å²) in [4.78, 5) is 8.01. The molecule has 1 fully saturated rings. The lowest BCUT2D eigenvalue weighted by atomic mass is 10.1. The van der Waals surface area contributed by atoms with E-state index in [0.29, 0.717) is 23.9 Å². The highest BCUT2D eigenvalue weighted by atomic mass is 35.5. The number of H-pyrrole nitrogens is 1. The summed E-state index contributed by atoms with van der Waals surface area (Å²) in [5.41, 5.74) is 2.02. The van der Waals surface area contributed by atoms with Crippen molar-refractivity contribution >= 4 is 22.5 Å². The highest BCUT2D eigenvalue weighted by molar-refractivity contribution is 6.31. The maximum Gasteiger partial charge on any atom is 0.160 e. The number of rotatable bonds is 5. The van der Waals surface area contributed by atoms with E-state index in [-0.39, 0.29) is 6.61 Å². The van der Waals surface area contributed by atoms with E-state index in [1.165, 1.54) is 12.8 Å². The molecule has 0 radical (unpaired) electrons. The van der Waals surface area contributed by atoms with Crippen molar-refractivity contribution < 1.29 is 5.11 Å². The summed E-state index contributed by atoms with van der Waals surface area (Å²) in [6.07, 6.45) is 4.98. The van der Waals surface area contributed by atoms with Crippen LogP contribution in [0.4, 0.5) is 0 Å². The first-order valence-corrected chi connectivity index (χ1v) is 7.96. The highest BCUT2D eigenvalue weighted by Gasteiger charge is 2.29.